The Morgan fingerprint density at radius 1 is 1.11 bits per heavy atom. The number of nitrogens with zero attached hydrogens (tertiary/aromatic N) is 3. The molecule has 3 aromatic rings. The van der Waals surface area contributed by atoms with Gasteiger partial charge in [-0.1, -0.05) is 46.7 Å². The number of carbonyl (C=O) groups is 1. The van der Waals surface area contributed by atoms with Crippen LogP contribution in [0, 0.1) is 0 Å². The molecular formula is C20H21Cl2N3O2S. The van der Waals surface area contributed by atoms with Crippen LogP contribution < -0.4 is 9.64 Å². The number of anilines is 1. The van der Waals surface area contributed by atoms with E-state index in [1.807, 2.05) is 14.1 Å². The zero-order chi connectivity index (χ0) is 20.3. The van der Waals surface area contributed by atoms with Crippen molar-refractivity contribution in [2.45, 2.75) is 6.42 Å². The molecule has 1 heterocycles. The van der Waals surface area contributed by atoms with E-state index in [9.17, 15) is 4.79 Å². The Bertz CT molecular complexity index is 991. The van der Waals surface area contributed by atoms with Crippen LogP contribution in [0.3, 0.4) is 0 Å². The second-order valence-electron chi connectivity index (χ2n) is 6.52. The number of fused-ring (bicyclic) bond motifs is 1. The number of hydrogen-bond donors (Lipinski definition) is 0. The van der Waals surface area contributed by atoms with Gasteiger partial charge >= 0.3 is 0 Å². The number of carbonyl (C=O) groups excluding carboxylic acids is 1. The lowest BCUT2D eigenvalue weighted by Gasteiger charge is -2.21. The highest BCUT2D eigenvalue weighted by Gasteiger charge is 2.24. The quantitative estimate of drug-likeness (QED) is 0.508. The first kappa shape index (κ1) is 20.9. The van der Waals surface area contributed by atoms with Gasteiger partial charge in [-0.05, 0) is 51.3 Å². The molecule has 0 N–H and O–H groups in total. The summed E-state index contributed by atoms with van der Waals surface area (Å²) in [5, 5.41) is 1.57. The maximum absolute atomic E-state index is 13.3. The third-order valence-corrected chi connectivity index (χ3v) is 6.10. The van der Waals surface area contributed by atoms with E-state index in [1.165, 1.54) is 11.3 Å². The van der Waals surface area contributed by atoms with Crippen LogP contribution >= 0.6 is 34.5 Å². The zero-order valence-corrected chi connectivity index (χ0v) is 18.2. The van der Waals surface area contributed by atoms with Crippen LogP contribution in [-0.4, -0.2) is 50.1 Å². The highest BCUT2D eigenvalue weighted by molar-refractivity contribution is 7.23. The Morgan fingerprint density at radius 3 is 2.54 bits per heavy atom. The van der Waals surface area contributed by atoms with Crippen molar-refractivity contribution in [2.75, 3.05) is 39.2 Å². The summed E-state index contributed by atoms with van der Waals surface area (Å²) in [7, 11) is 5.59. The molecule has 0 fully saturated rings. The molecule has 0 saturated carbocycles. The molecule has 1 amide bonds. The first-order valence-electron chi connectivity index (χ1n) is 8.76. The van der Waals surface area contributed by atoms with Crippen LogP contribution in [0.5, 0.6) is 5.75 Å². The predicted molar refractivity (Wildman–Crippen MR) is 117 cm³/mol. The van der Waals surface area contributed by atoms with Crippen LogP contribution in [0.2, 0.25) is 10.0 Å². The number of benzene rings is 2. The van der Waals surface area contributed by atoms with Gasteiger partial charge in [-0.15, -0.1) is 0 Å². The number of methoxy groups -OCH3 is 1. The van der Waals surface area contributed by atoms with E-state index in [0.29, 0.717) is 38.6 Å². The summed E-state index contributed by atoms with van der Waals surface area (Å²) < 4.78 is 6.20. The predicted octanol–water partition coefficient (Wildman–Crippen LogP) is 5.21. The normalized spacial score (nSPS) is 11.2. The molecule has 0 aliphatic rings. The van der Waals surface area contributed by atoms with E-state index in [4.69, 9.17) is 27.9 Å². The lowest BCUT2D eigenvalue weighted by atomic mass is 10.2. The zero-order valence-electron chi connectivity index (χ0n) is 15.9. The van der Waals surface area contributed by atoms with Gasteiger partial charge in [-0.2, -0.15) is 0 Å². The van der Waals surface area contributed by atoms with Crippen molar-refractivity contribution in [2.24, 2.45) is 0 Å². The molecule has 8 heteroatoms. The first-order valence-corrected chi connectivity index (χ1v) is 10.3. The summed E-state index contributed by atoms with van der Waals surface area (Å²) >= 11 is 14.0. The van der Waals surface area contributed by atoms with Crippen molar-refractivity contribution in [3.8, 4) is 5.75 Å². The lowest BCUT2D eigenvalue weighted by Crippen LogP contribution is -2.33. The Morgan fingerprint density at radius 2 is 1.86 bits per heavy atom. The summed E-state index contributed by atoms with van der Waals surface area (Å²) in [6.07, 6.45) is 0.796. The number of ether oxygens (including phenoxy) is 1. The molecule has 3 rings (SSSR count). The second kappa shape index (κ2) is 9.09. The average molecular weight is 438 g/mol. The summed E-state index contributed by atoms with van der Waals surface area (Å²) in [5.41, 5.74) is 1.10. The van der Waals surface area contributed by atoms with Crippen molar-refractivity contribution in [1.82, 2.24) is 9.88 Å². The number of amides is 1. The molecular weight excluding hydrogens is 417 g/mol. The van der Waals surface area contributed by atoms with Crippen molar-refractivity contribution < 1.29 is 9.53 Å². The van der Waals surface area contributed by atoms with Gasteiger partial charge in [0.25, 0.3) is 5.91 Å². The fourth-order valence-electron chi connectivity index (χ4n) is 2.83. The Balaban J connectivity index is 2.03. The molecule has 0 aliphatic heterocycles. The fourth-order valence-corrected chi connectivity index (χ4v) is 4.33. The first-order chi connectivity index (χ1) is 13.4. The molecule has 0 bridgehead atoms. The Labute approximate surface area is 178 Å². The van der Waals surface area contributed by atoms with Gasteiger partial charge in [0, 0.05) is 6.54 Å². The van der Waals surface area contributed by atoms with Crippen LogP contribution in [0.25, 0.3) is 10.2 Å². The van der Waals surface area contributed by atoms with Crippen molar-refractivity contribution in [1.29, 1.82) is 0 Å². The minimum Gasteiger partial charge on any atom is -0.494 e. The Hall–Kier alpha value is -1.86. The second-order valence-corrected chi connectivity index (χ2v) is 8.31. The summed E-state index contributed by atoms with van der Waals surface area (Å²) in [5.74, 6) is 0.443. The number of hydrogen-bond acceptors (Lipinski definition) is 5. The van der Waals surface area contributed by atoms with E-state index >= 15 is 0 Å². The SMILES string of the molecule is COc1ccc(Cl)c2sc(N(CCCN(C)C)C(=O)c3ccccc3Cl)nc12. The molecule has 0 aliphatic carbocycles. The number of aromatic nitrogens is 1. The minimum absolute atomic E-state index is 0.182. The van der Waals surface area contributed by atoms with Crippen molar-refractivity contribution >= 4 is 55.8 Å². The molecule has 0 spiro atoms. The maximum Gasteiger partial charge on any atom is 0.261 e. The largest absolute Gasteiger partial charge is 0.494 e. The number of thiazole rings is 1. The van der Waals surface area contributed by atoms with Gasteiger partial charge in [0.05, 0.1) is 27.4 Å². The molecule has 1 aromatic heterocycles. The van der Waals surface area contributed by atoms with Gasteiger partial charge in [-0.3, -0.25) is 9.69 Å². The van der Waals surface area contributed by atoms with Crippen molar-refractivity contribution in [3.05, 3.63) is 52.0 Å². The van der Waals surface area contributed by atoms with E-state index in [2.05, 4.69) is 9.88 Å². The van der Waals surface area contributed by atoms with E-state index in [1.54, 1.807) is 48.4 Å². The highest BCUT2D eigenvalue weighted by atomic mass is 35.5. The van der Waals surface area contributed by atoms with Crippen LogP contribution in [0.4, 0.5) is 5.13 Å². The third-order valence-electron chi connectivity index (χ3n) is 4.23. The molecule has 0 saturated heterocycles. The fraction of sp³-hybridized carbons (Fsp3) is 0.300. The van der Waals surface area contributed by atoms with Gasteiger partial charge in [0.2, 0.25) is 0 Å². The maximum atomic E-state index is 13.3. The van der Waals surface area contributed by atoms with Crippen molar-refractivity contribution in [3.63, 3.8) is 0 Å². The van der Waals surface area contributed by atoms with E-state index < -0.39 is 0 Å². The molecule has 5 nitrogen and oxygen atoms in total. The molecule has 28 heavy (non-hydrogen) atoms. The topological polar surface area (TPSA) is 45.7 Å². The van der Waals surface area contributed by atoms with Gasteiger partial charge < -0.3 is 9.64 Å². The lowest BCUT2D eigenvalue weighted by molar-refractivity contribution is 0.0986. The van der Waals surface area contributed by atoms with Gasteiger partial charge in [0.1, 0.15) is 11.3 Å². The standard InChI is InChI=1S/C20H21Cl2N3O2S/c1-24(2)11-6-12-25(19(26)13-7-4-5-8-14(13)21)20-23-17-16(27-3)10-9-15(22)18(17)28-20/h4-5,7-10H,6,11-12H2,1-3H3. The number of halogens is 2. The van der Waals surface area contributed by atoms with Gasteiger partial charge in [-0.25, -0.2) is 4.98 Å². The third kappa shape index (κ3) is 4.41. The molecule has 2 aromatic carbocycles. The summed E-state index contributed by atoms with van der Waals surface area (Å²) in [4.78, 5) is 21.7. The van der Waals surface area contributed by atoms with Crippen LogP contribution in [-0.2, 0) is 0 Å². The van der Waals surface area contributed by atoms with Gasteiger partial charge in [0.15, 0.2) is 5.13 Å². The Kier molecular flexibility index (Phi) is 6.78. The highest BCUT2D eigenvalue weighted by Crippen LogP contribution is 2.39. The monoisotopic (exact) mass is 437 g/mol. The number of rotatable bonds is 7. The minimum atomic E-state index is -0.182. The van der Waals surface area contributed by atoms with Crippen LogP contribution in [0.15, 0.2) is 36.4 Å². The van der Waals surface area contributed by atoms with E-state index in [0.717, 1.165) is 17.7 Å². The summed E-state index contributed by atoms with van der Waals surface area (Å²) in [6, 6.07) is 10.6. The average Bonchev–Trinajstić information content (AvgIpc) is 3.11. The summed E-state index contributed by atoms with van der Waals surface area (Å²) in [6.45, 7) is 1.36. The molecule has 0 unspecified atom stereocenters. The van der Waals surface area contributed by atoms with Crippen LogP contribution in [0.1, 0.15) is 16.8 Å². The molecule has 0 radical (unpaired) electrons. The van der Waals surface area contributed by atoms with E-state index in [-0.39, 0.29) is 5.91 Å². The molecule has 0 atom stereocenters. The molecule has 148 valence electrons. The smallest absolute Gasteiger partial charge is 0.261 e.